The predicted molar refractivity (Wildman–Crippen MR) is 200 cm³/mol. The van der Waals surface area contributed by atoms with Gasteiger partial charge in [0, 0.05) is 5.56 Å². The third kappa shape index (κ3) is 5.66. The van der Waals surface area contributed by atoms with Gasteiger partial charge in [-0.3, -0.25) is 9.36 Å². The van der Waals surface area contributed by atoms with Gasteiger partial charge in [-0.05, 0) is 62.9 Å². The number of hydrogen-bond donors (Lipinski definition) is 0. The van der Waals surface area contributed by atoms with Crippen molar-refractivity contribution in [1.29, 1.82) is 0 Å². The molecule has 0 bridgehead atoms. The van der Waals surface area contributed by atoms with Gasteiger partial charge in [0.25, 0.3) is 11.6 Å². The van der Waals surface area contributed by atoms with Crippen LogP contribution in [0.25, 0.3) is 33.4 Å². The Balaban J connectivity index is 1.24. The van der Waals surface area contributed by atoms with Crippen molar-refractivity contribution in [3.63, 3.8) is 0 Å². The molecule has 2 heterocycles. The Kier molecular flexibility index (Phi) is 8.47. The number of para-hydroxylation sites is 1. The van der Waals surface area contributed by atoms with Gasteiger partial charge in [-0.1, -0.05) is 152 Å². The molecule has 0 spiro atoms. The lowest BCUT2D eigenvalue weighted by Gasteiger charge is -2.36. The van der Waals surface area contributed by atoms with Crippen LogP contribution in [-0.2, 0) is 12.1 Å². The summed E-state index contributed by atoms with van der Waals surface area (Å²) in [4.78, 5) is 18.2. The van der Waals surface area contributed by atoms with Crippen molar-refractivity contribution >= 4 is 10.9 Å². The molecule has 6 aromatic carbocycles. The van der Waals surface area contributed by atoms with Gasteiger partial charge in [0.2, 0.25) is 0 Å². The summed E-state index contributed by atoms with van der Waals surface area (Å²) in [5.74, 6) is 0.626. The molecule has 0 radical (unpaired) electrons. The van der Waals surface area contributed by atoms with Gasteiger partial charge >= 0.3 is 0 Å². The first kappa shape index (κ1) is 31.6. The van der Waals surface area contributed by atoms with E-state index >= 15 is 0 Å². The molecule has 248 valence electrons. The van der Waals surface area contributed by atoms with Crippen LogP contribution in [0, 0.1) is 0 Å². The number of hydrogen-bond acceptors (Lipinski definition) is 6. The molecule has 0 saturated heterocycles. The third-order valence-corrected chi connectivity index (χ3v) is 9.24. The first-order valence-electron chi connectivity index (χ1n) is 16.9. The molecule has 8 aromatic rings. The second kappa shape index (κ2) is 13.7. The van der Waals surface area contributed by atoms with Gasteiger partial charge in [-0.25, -0.2) is 4.68 Å². The molecule has 51 heavy (non-hydrogen) atoms. The first-order valence-corrected chi connectivity index (χ1v) is 16.9. The van der Waals surface area contributed by atoms with Gasteiger partial charge in [-0.2, -0.15) is 4.98 Å². The van der Waals surface area contributed by atoms with Crippen LogP contribution in [-0.4, -0.2) is 36.4 Å². The van der Waals surface area contributed by atoms with Crippen LogP contribution >= 0.6 is 0 Å². The van der Waals surface area contributed by atoms with E-state index < -0.39 is 5.54 Å². The van der Waals surface area contributed by atoms with Gasteiger partial charge in [0.05, 0.1) is 24.1 Å². The quantitative estimate of drug-likeness (QED) is 0.138. The lowest BCUT2D eigenvalue weighted by molar-refractivity contribution is 0.294. The standard InChI is InChI=1S/C43H34N6O2/c1-2-51-42-44-39-25-15-14-24-38(39)41(50)48(42)30-31-26-28-32(29-27-31)36-22-12-13-23-37(36)40-45-46-47-49(40)43(33-16-6-3-7-17-33,34-18-8-4-9-19-34)35-20-10-5-11-21-35/h3-29H,2,30H2,1H3. The lowest BCUT2D eigenvalue weighted by Crippen LogP contribution is -2.39. The zero-order chi connectivity index (χ0) is 34.6. The molecule has 0 N–H and O–H groups in total. The second-order valence-corrected chi connectivity index (χ2v) is 12.2. The molecule has 2 aromatic heterocycles. The first-order chi connectivity index (χ1) is 25.2. The highest BCUT2D eigenvalue weighted by atomic mass is 16.5. The highest BCUT2D eigenvalue weighted by Gasteiger charge is 2.42. The maximum atomic E-state index is 13.5. The van der Waals surface area contributed by atoms with E-state index in [4.69, 9.17) is 15.0 Å². The summed E-state index contributed by atoms with van der Waals surface area (Å²) in [6.45, 7) is 2.61. The Labute approximate surface area is 295 Å². The summed E-state index contributed by atoms with van der Waals surface area (Å²) >= 11 is 0. The average molecular weight is 667 g/mol. The lowest BCUT2D eigenvalue weighted by atomic mass is 9.77. The fraction of sp³-hybridized carbons (Fsp3) is 0.0930. The van der Waals surface area contributed by atoms with Crippen LogP contribution in [0.5, 0.6) is 6.01 Å². The molecule has 0 aliphatic carbocycles. The monoisotopic (exact) mass is 666 g/mol. The number of nitrogens with zero attached hydrogens (tertiary/aromatic N) is 6. The SMILES string of the molecule is CCOc1nc2ccccc2c(=O)n1Cc1ccc(-c2ccccc2-c2nnnn2C(c2ccccc2)(c2ccccc2)c2ccccc2)cc1. The van der Waals surface area contributed by atoms with Crippen LogP contribution in [0.2, 0.25) is 0 Å². The topological polar surface area (TPSA) is 87.7 Å². The fourth-order valence-corrected chi connectivity index (χ4v) is 6.91. The minimum Gasteiger partial charge on any atom is -0.465 e. The van der Waals surface area contributed by atoms with Gasteiger partial charge in [-0.15, -0.1) is 5.10 Å². The van der Waals surface area contributed by atoms with Gasteiger partial charge in [0.15, 0.2) is 5.82 Å². The van der Waals surface area contributed by atoms with E-state index in [-0.39, 0.29) is 5.56 Å². The zero-order valence-corrected chi connectivity index (χ0v) is 28.0. The smallest absolute Gasteiger partial charge is 0.300 e. The Bertz CT molecular complexity index is 2380. The number of tetrazole rings is 1. The van der Waals surface area contributed by atoms with Crippen molar-refractivity contribution in [1.82, 2.24) is 29.8 Å². The Morgan fingerprint density at radius 3 is 1.78 bits per heavy atom. The third-order valence-electron chi connectivity index (χ3n) is 9.24. The maximum Gasteiger partial charge on any atom is 0.300 e. The van der Waals surface area contributed by atoms with E-state index in [2.05, 4.69) is 107 Å². The van der Waals surface area contributed by atoms with Crippen molar-refractivity contribution in [3.05, 3.63) is 196 Å². The molecule has 0 atom stereocenters. The largest absolute Gasteiger partial charge is 0.465 e. The molecule has 0 amide bonds. The summed E-state index contributed by atoms with van der Waals surface area (Å²) in [5.41, 5.74) is 6.49. The van der Waals surface area contributed by atoms with Crippen molar-refractivity contribution in [2.45, 2.75) is 19.0 Å². The molecular weight excluding hydrogens is 633 g/mol. The molecule has 8 nitrogen and oxygen atoms in total. The van der Waals surface area contributed by atoms with E-state index in [9.17, 15) is 4.79 Å². The summed E-state index contributed by atoms with van der Waals surface area (Å²) in [5, 5.41) is 14.3. The fourth-order valence-electron chi connectivity index (χ4n) is 6.91. The highest BCUT2D eigenvalue weighted by molar-refractivity contribution is 5.81. The number of ether oxygens (including phenoxy) is 1. The van der Waals surface area contributed by atoms with Crippen LogP contribution in [0.4, 0.5) is 0 Å². The van der Waals surface area contributed by atoms with E-state index in [0.717, 1.165) is 38.9 Å². The summed E-state index contributed by atoms with van der Waals surface area (Å²) in [6.07, 6.45) is 0. The van der Waals surface area contributed by atoms with E-state index in [0.29, 0.717) is 35.9 Å². The summed E-state index contributed by atoms with van der Waals surface area (Å²) in [6, 6.07) is 55.2. The minimum absolute atomic E-state index is 0.135. The van der Waals surface area contributed by atoms with Gasteiger partial charge in [0.1, 0.15) is 5.54 Å². The van der Waals surface area contributed by atoms with Crippen LogP contribution in [0.1, 0.15) is 29.2 Å². The Morgan fingerprint density at radius 2 is 1.18 bits per heavy atom. The van der Waals surface area contributed by atoms with E-state index in [1.807, 2.05) is 72.3 Å². The molecular formula is C43H34N6O2. The number of rotatable bonds is 10. The van der Waals surface area contributed by atoms with Crippen LogP contribution in [0.3, 0.4) is 0 Å². The number of aromatic nitrogens is 6. The molecule has 0 aliphatic heterocycles. The number of benzene rings is 6. The zero-order valence-electron chi connectivity index (χ0n) is 28.0. The van der Waals surface area contributed by atoms with Crippen molar-refractivity contribution in [2.75, 3.05) is 6.61 Å². The van der Waals surface area contributed by atoms with Crippen molar-refractivity contribution in [2.24, 2.45) is 0 Å². The molecule has 0 saturated carbocycles. The van der Waals surface area contributed by atoms with Crippen molar-refractivity contribution in [3.8, 4) is 28.5 Å². The number of fused-ring (bicyclic) bond motifs is 1. The molecule has 0 fully saturated rings. The Hall–Kier alpha value is -6.67. The molecule has 0 aliphatic rings. The van der Waals surface area contributed by atoms with Crippen LogP contribution in [0.15, 0.2) is 169 Å². The summed E-state index contributed by atoms with van der Waals surface area (Å²) < 4.78 is 9.36. The highest BCUT2D eigenvalue weighted by Crippen LogP contribution is 2.43. The molecule has 8 rings (SSSR count). The molecule has 0 unspecified atom stereocenters. The van der Waals surface area contributed by atoms with Gasteiger partial charge < -0.3 is 4.74 Å². The van der Waals surface area contributed by atoms with Crippen LogP contribution < -0.4 is 10.3 Å². The average Bonchev–Trinajstić information content (AvgIpc) is 3.68. The summed E-state index contributed by atoms with van der Waals surface area (Å²) in [7, 11) is 0. The Morgan fingerprint density at radius 1 is 0.627 bits per heavy atom. The second-order valence-electron chi connectivity index (χ2n) is 12.2. The van der Waals surface area contributed by atoms with Crippen molar-refractivity contribution < 1.29 is 4.74 Å². The minimum atomic E-state index is -0.876. The van der Waals surface area contributed by atoms with E-state index in [1.165, 1.54) is 0 Å². The van der Waals surface area contributed by atoms with E-state index in [1.54, 1.807) is 10.6 Å². The molecule has 8 heteroatoms. The maximum absolute atomic E-state index is 13.5. The predicted octanol–water partition coefficient (Wildman–Crippen LogP) is 8.00. The normalized spacial score (nSPS) is 11.5.